The fourth-order valence-corrected chi connectivity index (χ4v) is 7.14. The maximum Gasteiger partial charge on any atom is 0.305 e. The molecule has 2 aliphatic rings. The number of rotatable bonds is 14. The van der Waals surface area contributed by atoms with Gasteiger partial charge >= 0.3 is 5.97 Å². The first-order chi connectivity index (χ1) is 23.6. The summed E-state index contributed by atoms with van der Waals surface area (Å²) in [6, 6.07) is 28.1. The van der Waals surface area contributed by atoms with E-state index in [4.69, 9.17) is 14.5 Å². The van der Waals surface area contributed by atoms with Crippen molar-refractivity contribution >= 4 is 22.6 Å². The second-order valence-corrected chi connectivity index (χ2v) is 13.4. The molecular formula is C41H52N4O3. The molecule has 0 unspecified atom stereocenters. The van der Waals surface area contributed by atoms with Crippen molar-refractivity contribution in [1.82, 2.24) is 14.8 Å². The van der Waals surface area contributed by atoms with Crippen molar-refractivity contribution in [2.45, 2.75) is 57.8 Å². The van der Waals surface area contributed by atoms with E-state index in [1.165, 1.54) is 68.3 Å². The molecule has 6 rings (SSSR count). The number of benzene rings is 3. The zero-order valence-corrected chi connectivity index (χ0v) is 28.7. The highest BCUT2D eigenvalue weighted by Crippen LogP contribution is 2.30. The first-order valence-electron chi connectivity index (χ1n) is 18.1. The largest absolute Gasteiger partial charge is 0.493 e. The predicted molar refractivity (Wildman–Crippen MR) is 195 cm³/mol. The number of carbonyl (C=O) groups is 1. The second-order valence-electron chi connectivity index (χ2n) is 13.4. The van der Waals surface area contributed by atoms with Gasteiger partial charge in [-0.1, -0.05) is 67.4 Å². The molecule has 2 aliphatic heterocycles. The zero-order valence-electron chi connectivity index (χ0n) is 28.7. The fourth-order valence-electron chi connectivity index (χ4n) is 7.14. The number of methoxy groups -OCH3 is 1. The van der Waals surface area contributed by atoms with E-state index in [2.05, 4.69) is 93.6 Å². The van der Waals surface area contributed by atoms with Gasteiger partial charge in [-0.15, -0.1) is 0 Å². The number of fused-ring (bicyclic) bond motifs is 1. The summed E-state index contributed by atoms with van der Waals surface area (Å²) >= 11 is 0. The van der Waals surface area contributed by atoms with Crippen LogP contribution in [0.25, 0.3) is 10.9 Å². The van der Waals surface area contributed by atoms with Gasteiger partial charge in [0.25, 0.3) is 0 Å². The van der Waals surface area contributed by atoms with Gasteiger partial charge < -0.3 is 19.3 Å². The van der Waals surface area contributed by atoms with Gasteiger partial charge in [-0.25, -0.2) is 0 Å². The Morgan fingerprint density at radius 1 is 0.750 bits per heavy atom. The third-order valence-corrected chi connectivity index (χ3v) is 9.91. The zero-order chi connectivity index (χ0) is 33.0. The number of aromatic nitrogens is 1. The average Bonchev–Trinajstić information content (AvgIpc) is 3.41. The molecule has 0 N–H and O–H groups in total. The lowest BCUT2D eigenvalue weighted by Gasteiger charge is -2.36. The van der Waals surface area contributed by atoms with Gasteiger partial charge in [-0.2, -0.15) is 0 Å². The number of likely N-dealkylation sites (tertiary alicyclic amines) is 1. The van der Waals surface area contributed by atoms with Crippen LogP contribution in [0.5, 0.6) is 5.75 Å². The van der Waals surface area contributed by atoms with Crippen molar-refractivity contribution in [1.29, 1.82) is 0 Å². The number of hydrogen-bond donors (Lipinski definition) is 0. The molecule has 0 saturated carbocycles. The lowest BCUT2D eigenvalue weighted by molar-refractivity contribution is -0.140. The smallest absolute Gasteiger partial charge is 0.305 e. The number of ether oxygens (including phenoxy) is 2. The minimum Gasteiger partial charge on any atom is -0.493 e. The van der Waals surface area contributed by atoms with Crippen molar-refractivity contribution in [3.8, 4) is 5.75 Å². The minimum absolute atomic E-state index is 0.205. The molecule has 2 saturated heterocycles. The Bertz CT molecular complexity index is 1590. The van der Waals surface area contributed by atoms with Crippen molar-refractivity contribution in [3.63, 3.8) is 0 Å². The van der Waals surface area contributed by atoms with Crippen molar-refractivity contribution < 1.29 is 14.3 Å². The molecule has 1 aromatic heterocycles. The monoisotopic (exact) mass is 648 g/mol. The van der Waals surface area contributed by atoms with Gasteiger partial charge in [0.05, 0.1) is 31.3 Å². The Balaban J connectivity index is 1.07. The molecular weight excluding hydrogens is 596 g/mol. The molecule has 254 valence electrons. The van der Waals surface area contributed by atoms with Gasteiger partial charge in [-0.05, 0) is 86.1 Å². The van der Waals surface area contributed by atoms with E-state index in [9.17, 15) is 4.79 Å². The van der Waals surface area contributed by atoms with Gasteiger partial charge in [0.1, 0.15) is 5.75 Å². The molecule has 0 spiro atoms. The highest BCUT2D eigenvalue weighted by atomic mass is 16.5. The first-order valence-corrected chi connectivity index (χ1v) is 18.1. The van der Waals surface area contributed by atoms with Crippen LogP contribution in [0, 0.1) is 0 Å². The van der Waals surface area contributed by atoms with Crippen LogP contribution in [0.15, 0.2) is 78.9 Å². The number of aryl methyl sites for hydroxylation is 1. The third kappa shape index (κ3) is 9.57. The molecule has 7 nitrogen and oxygen atoms in total. The van der Waals surface area contributed by atoms with Crippen molar-refractivity contribution in [3.05, 3.63) is 101 Å². The van der Waals surface area contributed by atoms with Crippen LogP contribution in [-0.4, -0.2) is 86.8 Å². The summed E-state index contributed by atoms with van der Waals surface area (Å²) in [5.41, 5.74) is 7.03. The van der Waals surface area contributed by atoms with E-state index in [1.54, 1.807) is 0 Å². The molecule has 4 aromatic rings. The van der Waals surface area contributed by atoms with Crippen molar-refractivity contribution in [2.75, 3.05) is 71.0 Å². The number of nitrogens with zero attached hydrogens (tertiary/aromatic N) is 4. The van der Waals surface area contributed by atoms with Crippen LogP contribution >= 0.6 is 0 Å². The quantitative estimate of drug-likeness (QED) is 0.108. The lowest BCUT2D eigenvalue weighted by Crippen LogP contribution is -2.47. The van der Waals surface area contributed by atoms with Crippen LogP contribution in [0.3, 0.4) is 0 Å². The molecule has 0 radical (unpaired) electrons. The summed E-state index contributed by atoms with van der Waals surface area (Å²) in [6.45, 7) is 9.34. The number of carbonyl (C=O) groups excluding carboxylic acids is 1. The summed E-state index contributed by atoms with van der Waals surface area (Å²) in [5, 5.41) is 1.14. The maximum atomic E-state index is 11.8. The number of anilines is 1. The lowest BCUT2D eigenvalue weighted by atomic mass is 10.0. The normalized spacial score (nSPS) is 16.1. The van der Waals surface area contributed by atoms with Gasteiger partial charge in [0.2, 0.25) is 0 Å². The molecule has 0 aliphatic carbocycles. The average molecular weight is 649 g/mol. The number of pyridine rings is 1. The summed E-state index contributed by atoms with van der Waals surface area (Å²) in [7, 11) is 1.44. The molecule has 0 bridgehead atoms. The molecule has 48 heavy (non-hydrogen) atoms. The second kappa shape index (κ2) is 17.5. The fraction of sp³-hybridized carbons (Fsp3) is 0.463. The van der Waals surface area contributed by atoms with E-state index in [0.29, 0.717) is 12.8 Å². The van der Waals surface area contributed by atoms with Gasteiger partial charge in [0.15, 0.2) is 0 Å². The Hall–Kier alpha value is -3.94. The van der Waals surface area contributed by atoms with Gasteiger partial charge in [-0.3, -0.25) is 14.7 Å². The van der Waals surface area contributed by atoms with Crippen LogP contribution in [-0.2, 0) is 28.8 Å². The summed E-state index contributed by atoms with van der Waals surface area (Å²) in [6.07, 6.45) is 9.30. The van der Waals surface area contributed by atoms with Crippen LogP contribution in [0.4, 0.5) is 5.69 Å². The summed E-state index contributed by atoms with van der Waals surface area (Å²) in [5.74, 6) is 0.839. The Morgan fingerprint density at radius 2 is 1.50 bits per heavy atom. The van der Waals surface area contributed by atoms with Gasteiger partial charge in [0, 0.05) is 56.8 Å². The molecule has 2 fully saturated rings. The molecule has 3 heterocycles. The number of hydrogen-bond acceptors (Lipinski definition) is 7. The SMILES string of the molecule is COC(=O)CCc1ccc2cc(Cc3ccccc3)cc(N3CCN(CCc4ccccc4OCCCN4CCCCCC4)CC3)c2n1. The number of para-hydroxylation sites is 1. The number of esters is 1. The minimum atomic E-state index is -0.205. The Labute approximate surface area is 286 Å². The maximum absolute atomic E-state index is 11.8. The van der Waals surface area contributed by atoms with E-state index in [-0.39, 0.29) is 5.97 Å². The Morgan fingerprint density at radius 3 is 2.29 bits per heavy atom. The first kappa shape index (κ1) is 33.9. The van der Waals surface area contributed by atoms with E-state index in [1.807, 2.05) is 0 Å². The van der Waals surface area contributed by atoms with E-state index >= 15 is 0 Å². The van der Waals surface area contributed by atoms with Crippen LogP contribution in [0.2, 0.25) is 0 Å². The van der Waals surface area contributed by atoms with E-state index in [0.717, 1.165) is 87.5 Å². The van der Waals surface area contributed by atoms with Crippen LogP contribution in [0.1, 0.15) is 60.9 Å². The molecule has 0 atom stereocenters. The van der Waals surface area contributed by atoms with E-state index < -0.39 is 0 Å². The van der Waals surface area contributed by atoms with Crippen LogP contribution < -0.4 is 9.64 Å². The topological polar surface area (TPSA) is 58.1 Å². The molecule has 7 heteroatoms. The Kier molecular flexibility index (Phi) is 12.3. The standard InChI is InChI=1S/C41H52N4O3/c1-47-40(46)19-18-37-17-16-36-31-34(30-33-12-5-4-6-13-33)32-38(41(36)42-37)45-27-25-44(26-28-45)24-20-35-14-7-8-15-39(35)48-29-11-23-43-21-9-2-3-10-22-43/h4-8,12-17,31-32H,2-3,9-11,18-30H2,1H3. The third-order valence-electron chi connectivity index (χ3n) is 9.91. The molecule has 0 amide bonds. The van der Waals surface area contributed by atoms with Crippen molar-refractivity contribution in [2.24, 2.45) is 0 Å². The predicted octanol–water partition coefficient (Wildman–Crippen LogP) is 6.94. The number of piperazine rings is 1. The molecule has 3 aromatic carbocycles. The highest BCUT2D eigenvalue weighted by Gasteiger charge is 2.21. The highest BCUT2D eigenvalue weighted by molar-refractivity contribution is 5.92. The summed E-state index contributed by atoms with van der Waals surface area (Å²) in [4.78, 5) is 24.6. The summed E-state index contributed by atoms with van der Waals surface area (Å²) < 4.78 is 11.2.